The van der Waals surface area contributed by atoms with Gasteiger partial charge in [0.2, 0.25) is 0 Å². The van der Waals surface area contributed by atoms with E-state index in [9.17, 15) is 0 Å². The predicted octanol–water partition coefficient (Wildman–Crippen LogP) is 13.9. The summed E-state index contributed by atoms with van der Waals surface area (Å²) in [6.07, 6.45) is 0. The lowest BCUT2D eigenvalue weighted by Crippen LogP contribution is -2.00. The van der Waals surface area contributed by atoms with Gasteiger partial charge in [-0.1, -0.05) is 158 Å². The van der Waals surface area contributed by atoms with Gasteiger partial charge in [0.05, 0.1) is 22.1 Å². The van der Waals surface area contributed by atoms with E-state index in [2.05, 4.69) is 185 Å². The predicted molar refractivity (Wildman–Crippen MR) is 248 cm³/mol. The molecule has 3 heterocycles. The number of hydrogen-bond acceptors (Lipinski definition) is 3. The summed E-state index contributed by atoms with van der Waals surface area (Å²) in [6.45, 7) is 0. The van der Waals surface area contributed by atoms with Crippen LogP contribution >= 0.6 is 0 Å². The molecule has 60 heavy (non-hydrogen) atoms. The van der Waals surface area contributed by atoms with E-state index in [1.54, 1.807) is 0 Å². The quantitative estimate of drug-likeness (QED) is 0.169. The molecule has 5 heteroatoms. The molecule has 0 aliphatic heterocycles. The zero-order chi connectivity index (χ0) is 39.6. The second-order valence-corrected chi connectivity index (χ2v) is 15.3. The molecule has 0 aliphatic carbocycles. The molecule has 5 nitrogen and oxygen atoms in total. The van der Waals surface area contributed by atoms with E-state index in [1.807, 2.05) is 36.4 Å². The van der Waals surface area contributed by atoms with Crippen molar-refractivity contribution in [3.8, 4) is 56.7 Å². The van der Waals surface area contributed by atoms with Crippen LogP contribution in [-0.4, -0.2) is 24.1 Å². The van der Waals surface area contributed by atoms with Crippen LogP contribution < -0.4 is 0 Å². The summed E-state index contributed by atoms with van der Waals surface area (Å²) >= 11 is 0. The van der Waals surface area contributed by atoms with Gasteiger partial charge in [0.15, 0.2) is 17.5 Å². The Morgan fingerprint density at radius 2 is 0.767 bits per heavy atom. The second-order valence-electron chi connectivity index (χ2n) is 15.3. The molecule has 12 rings (SSSR count). The van der Waals surface area contributed by atoms with E-state index in [4.69, 9.17) is 15.0 Å². The lowest BCUT2D eigenvalue weighted by Gasteiger charge is -2.12. The first-order chi connectivity index (χ1) is 29.7. The smallest absolute Gasteiger partial charge is 0.164 e. The van der Waals surface area contributed by atoms with E-state index in [0.29, 0.717) is 17.5 Å². The van der Waals surface area contributed by atoms with Crippen molar-refractivity contribution >= 4 is 54.4 Å². The van der Waals surface area contributed by atoms with Crippen molar-refractivity contribution < 1.29 is 0 Å². The number of nitrogens with zero attached hydrogens (tertiary/aromatic N) is 5. The van der Waals surface area contributed by atoms with Crippen molar-refractivity contribution in [3.05, 3.63) is 212 Å². The molecular weight excluding hydrogens is 731 g/mol. The van der Waals surface area contributed by atoms with Crippen LogP contribution in [0.1, 0.15) is 0 Å². The Labute approximate surface area is 346 Å². The van der Waals surface area contributed by atoms with Crippen LogP contribution in [0.25, 0.3) is 111 Å². The highest BCUT2D eigenvalue weighted by molar-refractivity contribution is 6.26. The Morgan fingerprint density at radius 3 is 1.45 bits per heavy atom. The van der Waals surface area contributed by atoms with Crippen molar-refractivity contribution in [2.45, 2.75) is 0 Å². The van der Waals surface area contributed by atoms with Crippen molar-refractivity contribution in [1.29, 1.82) is 0 Å². The molecule has 0 fully saturated rings. The topological polar surface area (TPSA) is 48.5 Å². The number of aromatic nitrogens is 5. The maximum atomic E-state index is 5.09. The molecule has 0 spiro atoms. The molecule has 0 saturated heterocycles. The lowest BCUT2D eigenvalue weighted by atomic mass is 10.0. The number of rotatable bonds is 6. The highest BCUT2D eigenvalue weighted by atomic mass is 15.0. The number of benzene rings is 9. The van der Waals surface area contributed by atoms with Gasteiger partial charge in [-0.2, -0.15) is 0 Å². The zero-order valence-corrected chi connectivity index (χ0v) is 32.4. The maximum absolute atomic E-state index is 5.09. The minimum absolute atomic E-state index is 0.626. The molecule has 0 saturated carbocycles. The summed E-state index contributed by atoms with van der Waals surface area (Å²) < 4.78 is 4.84. The molecule has 9 aromatic carbocycles. The Bertz CT molecular complexity index is 3570. The fourth-order valence-corrected chi connectivity index (χ4v) is 8.92. The van der Waals surface area contributed by atoms with Gasteiger partial charge >= 0.3 is 0 Å². The van der Waals surface area contributed by atoms with Gasteiger partial charge in [-0.05, 0) is 76.5 Å². The molecule has 3 aromatic heterocycles. The Kier molecular flexibility index (Phi) is 7.78. The summed E-state index contributed by atoms with van der Waals surface area (Å²) in [6, 6.07) is 75.1. The van der Waals surface area contributed by atoms with E-state index < -0.39 is 0 Å². The maximum Gasteiger partial charge on any atom is 0.164 e. The Balaban J connectivity index is 1.02. The minimum Gasteiger partial charge on any atom is -0.309 e. The van der Waals surface area contributed by atoms with Crippen LogP contribution in [0.3, 0.4) is 0 Å². The number of para-hydroxylation sites is 2. The third-order valence-electron chi connectivity index (χ3n) is 11.8. The van der Waals surface area contributed by atoms with Gasteiger partial charge in [-0.3, -0.25) is 0 Å². The number of hydrogen-bond donors (Lipinski definition) is 0. The second kappa shape index (κ2) is 13.8. The first-order valence-corrected chi connectivity index (χ1v) is 20.3. The minimum atomic E-state index is 0.626. The fourth-order valence-electron chi connectivity index (χ4n) is 8.92. The average molecular weight is 766 g/mol. The van der Waals surface area contributed by atoms with E-state index in [0.717, 1.165) is 39.1 Å². The van der Waals surface area contributed by atoms with Crippen molar-refractivity contribution in [2.75, 3.05) is 0 Å². The highest BCUT2D eigenvalue weighted by Crippen LogP contribution is 2.42. The van der Waals surface area contributed by atoms with Crippen LogP contribution in [-0.2, 0) is 0 Å². The summed E-state index contributed by atoms with van der Waals surface area (Å²) in [5.41, 5.74) is 12.0. The Morgan fingerprint density at radius 1 is 0.283 bits per heavy atom. The van der Waals surface area contributed by atoms with Crippen LogP contribution in [0.5, 0.6) is 0 Å². The van der Waals surface area contributed by atoms with Gasteiger partial charge in [0, 0.05) is 49.6 Å². The standard InChI is InChI=1S/C55H35N5/c1-3-13-36(14-4-1)38-23-25-40(26-24-38)54-56-53(39-16-5-2-6-17-39)57-55(58-54)41-28-30-43(31-29-41)60-48-21-11-9-19-45(48)46-33-34-50-51(52(46)60)47-20-10-12-22-49(47)59(50)44-32-27-37-15-7-8-18-42(37)35-44/h1-35H. The Hall–Kier alpha value is -8.15. The summed E-state index contributed by atoms with van der Waals surface area (Å²) in [4.78, 5) is 15.1. The first kappa shape index (κ1) is 33.9. The molecule has 0 radical (unpaired) electrons. The normalized spacial score (nSPS) is 11.7. The van der Waals surface area contributed by atoms with Gasteiger partial charge in [0.1, 0.15) is 0 Å². The lowest BCUT2D eigenvalue weighted by molar-refractivity contribution is 1.07. The first-order valence-electron chi connectivity index (χ1n) is 20.3. The van der Waals surface area contributed by atoms with E-state index >= 15 is 0 Å². The number of fused-ring (bicyclic) bond motifs is 8. The molecule has 0 bridgehead atoms. The van der Waals surface area contributed by atoms with Crippen molar-refractivity contribution in [3.63, 3.8) is 0 Å². The van der Waals surface area contributed by atoms with Gasteiger partial charge in [0.25, 0.3) is 0 Å². The van der Waals surface area contributed by atoms with Gasteiger partial charge in [-0.25, -0.2) is 15.0 Å². The SMILES string of the molecule is c1ccc(-c2ccc(-c3nc(-c4ccccc4)nc(-c4ccc(-n5c6ccccc6c6ccc7c(c8ccccc8n7-c7ccc8ccccc8c7)c65)cc4)n3)cc2)cc1. The summed E-state index contributed by atoms with van der Waals surface area (Å²) in [5, 5.41) is 7.33. The summed E-state index contributed by atoms with van der Waals surface area (Å²) in [7, 11) is 0. The largest absolute Gasteiger partial charge is 0.309 e. The molecule has 0 N–H and O–H groups in total. The fraction of sp³-hybridized carbons (Fsp3) is 0. The third kappa shape index (κ3) is 5.52. The van der Waals surface area contributed by atoms with Crippen LogP contribution in [0.15, 0.2) is 212 Å². The van der Waals surface area contributed by atoms with E-state index in [-0.39, 0.29) is 0 Å². The van der Waals surface area contributed by atoms with Crippen molar-refractivity contribution in [2.24, 2.45) is 0 Å². The van der Waals surface area contributed by atoms with Crippen LogP contribution in [0, 0.1) is 0 Å². The molecule has 0 atom stereocenters. The average Bonchev–Trinajstić information content (AvgIpc) is 3.85. The molecule has 0 unspecified atom stereocenters. The van der Waals surface area contributed by atoms with Crippen LogP contribution in [0.2, 0.25) is 0 Å². The third-order valence-corrected chi connectivity index (χ3v) is 11.8. The van der Waals surface area contributed by atoms with E-state index in [1.165, 1.54) is 54.4 Å². The van der Waals surface area contributed by atoms with Gasteiger partial charge in [-0.15, -0.1) is 0 Å². The molecule has 280 valence electrons. The molecule has 0 amide bonds. The summed E-state index contributed by atoms with van der Waals surface area (Å²) in [5.74, 6) is 1.90. The molecular formula is C55H35N5. The monoisotopic (exact) mass is 765 g/mol. The molecule has 0 aliphatic rings. The van der Waals surface area contributed by atoms with Crippen molar-refractivity contribution in [1.82, 2.24) is 24.1 Å². The molecule has 12 aromatic rings. The zero-order valence-electron chi connectivity index (χ0n) is 32.4. The van der Waals surface area contributed by atoms with Crippen LogP contribution in [0.4, 0.5) is 0 Å². The highest BCUT2D eigenvalue weighted by Gasteiger charge is 2.21. The van der Waals surface area contributed by atoms with Gasteiger partial charge < -0.3 is 9.13 Å².